The molecule has 5 heteroatoms. The molecule has 0 bridgehead atoms. The van der Waals surface area contributed by atoms with E-state index in [0.717, 1.165) is 58.7 Å². The zero-order valence-corrected chi connectivity index (χ0v) is 10.4. The van der Waals surface area contributed by atoms with Crippen LogP contribution < -0.4 is 10.6 Å². The number of carbonyl (C=O) groups is 1. The highest BCUT2D eigenvalue weighted by Gasteiger charge is 2.18. The van der Waals surface area contributed by atoms with Crippen LogP contribution in [0.1, 0.15) is 19.3 Å². The summed E-state index contributed by atoms with van der Waals surface area (Å²) in [6.45, 7) is 6.82. The van der Waals surface area contributed by atoms with Crippen molar-refractivity contribution in [3.05, 3.63) is 0 Å². The van der Waals surface area contributed by atoms with E-state index in [0.29, 0.717) is 6.42 Å². The zero-order valence-electron chi connectivity index (χ0n) is 10.4. The Bertz CT molecular complexity index is 236. The van der Waals surface area contributed by atoms with Gasteiger partial charge in [0.15, 0.2) is 0 Å². The van der Waals surface area contributed by atoms with Gasteiger partial charge in [-0.15, -0.1) is 0 Å². The van der Waals surface area contributed by atoms with Gasteiger partial charge in [0.1, 0.15) is 0 Å². The molecule has 0 aromatic rings. The van der Waals surface area contributed by atoms with Gasteiger partial charge in [-0.3, -0.25) is 9.69 Å². The summed E-state index contributed by atoms with van der Waals surface area (Å²) in [4.78, 5) is 14.0. The first kappa shape index (κ1) is 12.8. The average Bonchev–Trinajstić information content (AvgIpc) is 2.83. The van der Waals surface area contributed by atoms with E-state index in [2.05, 4.69) is 15.5 Å². The second kappa shape index (κ2) is 6.93. The minimum atomic E-state index is 0.132. The molecule has 2 aliphatic heterocycles. The Balaban J connectivity index is 1.53. The molecule has 2 rings (SSSR count). The summed E-state index contributed by atoms with van der Waals surface area (Å²) in [7, 11) is 0. The van der Waals surface area contributed by atoms with Crippen molar-refractivity contribution < 1.29 is 9.53 Å². The van der Waals surface area contributed by atoms with E-state index >= 15 is 0 Å². The van der Waals surface area contributed by atoms with Gasteiger partial charge in [-0.05, 0) is 12.8 Å². The van der Waals surface area contributed by atoms with Crippen LogP contribution in [0.3, 0.4) is 0 Å². The molecule has 0 aliphatic carbocycles. The third-order valence-electron chi connectivity index (χ3n) is 3.40. The Morgan fingerprint density at radius 3 is 2.94 bits per heavy atom. The van der Waals surface area contributed by atoms with Crippen LogP contribution in [-0.4, -0.2) is 62.8 Å². The fraction of sp³-hybridized carbons (Fsp3) is 0.917. The summed E-state index contributed by atoms with van der Waals surface area (Å²) in [6, 6.07) is 0. The lowest BCUT2D eigenvalue weighted by Crippen LogP contribution is -2.46. The quantitative estimate of drug-likeness (QED) is 0.686. The van der Waals surface area contributed by atoms with Gasteiger partial charge in [-0.2, -0.15) is 0 Å². The number of ether oxygens (including phenoxy) is 1. The molecule has 2 N–H and O–H groups in total. The summed E-state index contributed by atoms with van der Waals surface area (Å²) in [5, 5.41) is 6.29. The summed E-state index contributed by atoms with van der Waals surface area (Å²) < 4.78 is 5.44. The van der Waals surface area contributed by atoms with Crippen LogP contribution in [0.2, 0.25) is 0 Å². The maximum Gasteiger partial charge on any atom is 0.222 e. The molecule has 98 valence electrons. The van der Waals surface area contributed by atoms with E-state index in [1.165, 1.54) is 0 Å². The van der Waals surface area contributed by atoms with E-state index in [1.54, 1.807) is 0 Å². The van der Waals surface area contributed by atoms with Gasteiger partial charge in [-0.1, -0.05) is 0 Å². The van der Waals surface area contributed by atoms with Gasteiger partial charge >= 0.3 is 0 Å². The van der Waals surface area contributed by atoms with E-state index in [4.69, 9.17) is 4.74 Å². The SMILES string of the molecule is O=C(CC1CCCO1)NCCN1CCNCC1. The molecule has 17 heavy (non-hydrogen) atoms. The summed E-state index contributed by atoms with van der Waals surface area (Å²) in [5.74, 6) is 0.132. The second-order valence-electron chi connectivity index (χ2n) is 4.78. The van der Waals surface area contributed by atoms with Crippen molar-refractivity contribution in [1.29, 1.82) is 0 Å². The van der Waals surface area contributed by atoms with Crippen molar-refractivity contribution in [3.63, 3.8) is 0 Å². The van der Waals surface area contributed by atoms with Gasteiger partial charge in [0, 0.05) is 45.9 Å². The molecule has 0 aromatic heterocycles. The first-order valence-electron chi connectivity index (χ1n) is 6.66. The molecule has 5 nitrogen and oxygen atoms in total. The molecular formula is C12H23N3O2. The maximum atomic E-state index is 11.6. The minimum Gasteiger partial charge on any atom is -0.378 e. The number of hydrogen-bond donors (Lipinski definition) is 2. The number of nitrogens with one attached hydrogen (secondary N) is 2. The molecule has 2 saturated heterocycles. The molecule has 0 saturated carbocycles. The van der Waals surface area contributed by atoms with Crippen LogP contribution in [0.4, 0.5) is 0 Å². The Morgan fingerprint density at radius 1 is 1.41 bits per heavy atom. The van der Waals surface area contributed by atoms with Crippen molar-refractivity contribution in [2.75, 3.05) is 45.9 Å². The first-order chi connectivity index (χ1) is 8.34. The molecular weight excluding hydrogens is 218 g/mol. The minimum absolute atomic E-state index is 0.132. The summed E-state index contributed by atoms with van der Waals surface area (Å²) in [5.41, 5.74) is 0. The maximum absolute atomic E-state index is 11.6. The van der Waals surface area contributed by atoms with E-state index in [9.17, 15) is 4.79 Å². The second-order valence-corrected chi connectivity index (χ2v) is 4.78. The Kier molecular flexibility index (Phi) is 5.22. The lowest BCUT2D eigenvalue weighted by Gasteiger charge is -2.27. The highest BCUT2D eigenvalue weighted by molar-refractivity contribution is 5.76. The highest BCUT2D eigenvalue weighted by atomic mass is 16.5. The van der Waals surface area contributed by atoms with Crippen LogP contribution in [0.5, 0.6) is 0 Å². The lowest BCUT2D eigenvalue weighted by molar-refractivity contribution is -0.123. The summed E-state index contributed by atoms with van der Waals surface area (Å²) in [6.07, 6.45) is 2.82. The number of piperazine rings is 1. The van der Waals surface area contributed by atoms with Crippen molar-refractivity contribution in [3.8, 4) is 0 Å². The zero-order chi connectivity index (χ0) is 11.9. The molecule has 2 heterocycles. The van der Waals surface area contributed by atoms with E-state index in [1.807, 2.05) is 0 Å². The van der Waals surface area contributed by atoms with Crippen molar-refractivity contribution in [1.82, 2.24) is 15.5 Å². The predicted octanol–water partition coefficient (Wildman–Crippen LogP) is -0.423. The van der Waals surface area contributed by atoms with Crippen LogP contribution in [-0.2, 0) is 9.53 Å². The number of carbonyl (C=O) groups excluding carboxylic acids is 1. The van der Waals surface area contributed by atoms with E-state index < -0.39 is 0 Å². The van der Waals surface area contributed by atoms with Gasteiger partial charge in [0.05, 0.1) is 12.5 Å². The molecule has 2 aliphatic rings. The largest absolute Gasteiger partial charge is 0.378 e. The monoisotopic (exact) mass is 241 g/mol. The first-order valence-corrected chi connectivity index (χ1v) is 6.66. The van der Waals surface area contributed by atoms with Crippen LogP contribution in [0.15, 0.2) is 0 Å². The van der Waals surface area contributed by atoms with Crippen molar-refractivity contribution >= 4 is 5.91 Å². The molecule has 1 amide bonds. The Labute approximate surface area is 103 Å². The third kappa shape index (κ3) is 4.61. The van der Waals surface area contributed by atoms with Crippen molar-refractivity contribution in [2.24, 2.45) is 0 Å². The number of hydrogen-bond acceptors (Lipinski definition) is 4. The van der Waals surface area contributed by atoms with Gasteiger partial charge in [-0.25, -0.2) is 0 Å². The number of nitrogens with zero attached hydrogens (tertiary/aromatic N) is 1. The predicted molar refractivity (Wildman–Crippen MR) is 65.9 cm³/mol. The molecule has 1 unspecified atom stereocenters. The van der Waals surface area contributed by atoms with Crippen LogP contribution >= 0.6 is 0 Å². The van der Waals surface area contributed by atoms with Gasteiger partial charge < -0.3 is 15.4 Å². The summed E-state index contributed by atoms with van der Waals surface area (Å²) >= 11 is 0. The van der Waals surface area contributed by atoms with Crippen LogP contribution in [0, 0.1) is 0 Å². The van der Waals surface area contributed by atoms with Gasteiger partial charge in [0.2, 0.25) is 5.91 Å². The van der Waals surface area contributed by atoms with Crippen molar-refractivity contribution in [2.45, 2.75) is 25.4 Å². The lowest BCUT2D eigenvalue weighted by atomic mass is 10.2. The normalized spacial score (nSPS) is 26.0. The van der Waals surface area contributed by atoms with E-state index in [-0.39, 0.29) is 12.0 Å². The molecule has 0 radical (unpaired) electrons. The third-order valence-corrected chi connectivity index (χ3v) is 3.40. The van der Waals surface area contributed by atoms with Crippen LogP contribution in [0.25, 0.3) is 0 Å². The average molecular weight is 241 g/mol. The Morgan fingerprint density at radius 2 is 2.24 bits per heavy atom. The fourth-order valence-corrected chi connectivity index (χ4v) is 2.37. The number of rotatable bonds is 5. The highest BCUT2D eigenvalue weighted by Crippen LogP contribution is 2.14. The smallest absolute Gasteiger partial charge is 0.222 e. The molecule has 0 spiro atoms. The molecule has 2 fully saturated rings. The fourth-order valence-electron chi connectivity index (χ4n) is 2.37. The topological polar surface area (TPSA) is 53.6 Å². The number of amides is 1. The van der Waals surface area contributed by atoms with Gasteiger partial charge in [0.25, 0.3) is 0 Å². The molecule has 0 aromatic carbocycles. The standard InChI is InChI=1S/C12H23N3O2/c16-12(10-11-2-1-9-17-11)14-5-8-15-6-3-13-4-7-15/h11,13H,1-10H2,(H,14,16). The molecule has 1 atom stereocenters. The Hall–Kier alpha value is -0.650.